The summed E-state index contributed by atoms with van der Waals surface area (Å²) < 4.78 is 13.0. The van der Waals surface area contributed by atoms with E-state index in [1.54, 1.807) is 18.2 Å². The molecule has 0 amide bonds. The van der Waals surface area contributed by atoms with Crippen molar-refractivity contribution in [1.82, 2.24) is 4.98 Å². The predicted molar refractivity (Wildman–Crippen MR) is 57.2 cm³/mol. The number of hydrogen-bond donors (Lipinski definition) is 1. The normalized spacial score (nSPS) is 9.75. The van der Waals surface area contributed by atoms with E-state index in [4.69, 9.17) is 5.26 Å². The van der Waals surface area contributed by atoms with Crippen LogP contribution in [-0.2, 0) is 0 Å². The molecular weight excluding hydrogens is 207 g/mol. The molecule has 1 N–H and O–H groups in total. The minimum Gasteiger partial charge on any atom is -0.327 e. The molecular formula is C12H7FN2O. The lowest BCUT2D eigenvalue weighted by molar-refractivity contribution is 0.628. The summed E-state index contributed by atoms with van der Waals surface area (Å²) in [6.45, 7) is 0. The van der Waals surface area contributed by atoms with Crippen LogP contribution in [0.15, 0.2) is 41.3 Å². The number of nitriles is 1. The van der Waals surface area contributed by atoms with Crippen molar-refractivity contribution < 1.29 is 4.39 Å². The van der Waals surface area contributed by atoms with E-state index in [9.17, 15) is 9.18 Å². The van der Waals surface area contributed by atoms with Gasteiger partial charge in [-0.1, -0.05) is 12.1 Å². The van der Waals surface area contributed by atoms with Crippen LogP contribution in [0.2, 0.25) is 0 Å². The van der Waals surface area contributed by atoms with Crippen LogP contribution < -0.4 is 5.56 Å². The highest BCUT2D eigenvalue weighted by Crippen LogP contribution is 2.18. The number of benzene rings is 1. The van der Waals surface area contributed by atoms with E-state index in [1.807, 2.05) is 0 Å². The van der Waals surface area contributed by atoms with Crippen molar-refractivity contribution in [1.29, 1.82) is 5.26 Å². The van der Waals surface area contributed by atoms with Gasteiger partial charge in [-0.15, -0.1) is 0 Å². The number of rotatable bonds is 1. The molecule has 0 radical (unpaired) electrons. The van der Waals surface area contributed by atoms with Crippen LogP contribution in [0.1, 0.15) is 5.56 Å². The van der Waals surface area contributed by atoms with Gasteiger partial charge in [-0.3, -0.25) is 4.79 Å². The van der Waals surface area contributed by atoms with Gasteiger partial charge in [-0.25, -0.2) is 4.39 Å². The molecule has 0 fully saturated rings. The summed E-state index contributed by atoms with van der Waals surface area (Å²) in [5.74, 6) is -0.359. The maximum atomic E-state index is 13.0. The first-order chi connectivity index (χ1) is 7.70. The first-order valence-corrected chi connectivity index (χ1v) is 4.59. The third kappa shape index (κ3) is 1.84. The quantitative estimate of drug-likeness (QED) is 0.789. The molecule has 0 aliphatic heterocycles. The summed E-state index contributed by atoms with van der Waals surface area (Å²) >= 11 is 0. The second-order valence-corrected chi connectivity index (χ2v) is 3.25. The molecule has 0 saturated carbocycles. The number of aromatic amines is 1. The number of aromatic nitrogens is 1. The maximum Gasteiger partial charge on any atom is 0.265 e. The van der Waals surface area contributed by atoms with Crippen molar-refractivity contribution in [2.45, 2.75) is 0 Å². The van der Waals surface area contributed by atoms with Gasteiger partial charge in [0.25, 0.3) is 5.56 Å². The van der Waals surface area contributed by atoms with Crippen LogP contribution >= 0.6 is 0 Å². The van der Waals surface area contributed by atoms with Crippen LogP contribution in [-0.4, -0.2) is 4.98 Å². The second-order valence-electron chi connectivity index (χ2n) is 3.25. The molecule has 1 heterocycles. The molecule has 2 aromatic rings. The molecule has 1 aromatic carbocycles. The minimum absolute atomic E-state index is 0.0155. The molecule has 16 heavy (non-hydrogen) atoms. The smallest absolute Gasteiger partial charge is 0.265 e. The van der Waals surface area contributed by atoms with E-state index in [1.165, 1.54) is 24.4 Å². The highest BCUT2D eigenvalue weighted by Gasteiger charge is 2.03. The molecule has 78 valence electrons. The zero-order valence-electron chi connectivity index (χ0n) is 8.20. The molecule has 0 unspecified atom stereocenters. The zero-order valence-corrected chi connectivity index (χ0v) is 8.20. The number of H-pyrrole nitrogens is 1. The highest BCUT2D eigenvalue weighted by atomic mass is 19.1. The minimum atomic E-state index is -0.442. The maximum absolute atomic E-state index is 13.0. The molecule has 0 spiro atoms. The van der Waals surface area contributed by atoms with Crippen molar-refractivity contribution in [3.8, 4) is 17.2 Å². The van der Waals surface area contributed by atoms with E-state index in [2.05, 4.69) is 4.98 Å². The standard InChI is InChI=1S/C12H7FN2O/c13-11-3-1-2-8(5-11)10-4-9(6-14)12(16)15-7-10/h1-5,7H,(H,15,16). The average Bonchev–Trinajstić information content (AvgIpc) is 2.29. The van der Waals surface area contributed by atoms with Crippen LogP contribution in [0.5, 0.6) is 0 Å². The molecule has 0 aliphatic carbocycles. The van der Waals surface area contributed by atoms with E-state index in [0.29, 0.717) is 11.1 Å². The zero-order chi connectivity index (χ0) is 11.5. The Hall–Kier alpha value is -2.41. The molecule has 0 saturated heterocycles. The Bertz CT molecular complexity index is 625. The van der Waals surface area contributed by atoms with Crippen molar-refractivity contribution in [2.75, 3.05) is 0 Å². The third-order valence-electron chi connectivity index (χ3n) is 2.18. The van der Waals surface area contributed by atoms with Crippen molar-refractivity contribution in [2.24, 2.45) is 0 Å². The van der Waals surface area contributed by atoms with Crippen molar-refractivity contribution in [3.63, 3.8) is 0 Å². The first-order valence-electron chi connectivity index (χ1n) is 4.59. The largest absolute Gasteiger partial charge is 0.327 e. The number of pyridine rings is 1. The van der Waals surface area contributed by atoms with Gasteiger partial charge < -0.3 is 4.98 Å². The van der Waals surface area contributed by atoms with Gasteiger partial charge >= 0.3 is 0 Å². The number of halogens is 1. The monoisotopic (exact) mass is 214 g/mol. The van der Waals surface area contributed by atoms with Gasteiger partial charge in [0.15, 0.2) is 0 Å². The van der Waals surface area contributed by atoms with E-state index in [-0.39, 0.29) is 11.4 Å². The summed E-state index contributed by atoms with van der Waals surface area (Å²) in [6.07, 6.45) is 1.46. The first kappa shape index (κ1) is 10.1. The Morgan fingerprint density at radius 1 is 1.25 bits per heavy atom. The topological polar surface area (TPSA) is 56.6 Å². The van der Waals surface area contributed by atoms with Gasteiger partial charge in [-0.2, -0.15) is 5.26 Å². The van der Waals surface area contributed by atoms with E-state index in [0.717, 1.165) is 0 Å². The van der Waals surface area contributed by atoms with Crippen LogP contribution in [0.3, 0.4) is 0 Å². The molecule has 0 bridgehead atoms. The molecule has 1 aromatic heterocycles. The molecule has 0 aliphatic rings. The van der Waals surface area contributed by atoms with Crippen LogP contribution in [0.4, 0.5) is 4.39 Å². The number of hydrogen-bond acceptors (Lipinski definition) is 2. The van der Waals surface area contributed by atoms with E-state index >= 15 is 0 Å². The SMILES string of the molecule is N#Cc1cc(-c2cccc(F)c2)c[nH]c1=O. The fourth-order valence-electron chi connectivity index (χ4n) is 1.40. The second kappa shape index (κ2) is 3.99. The fourth-order valence-corrected chi connectivity index (χ4v) is 1.40. The Morgan fingerprint density at radius 2 is 2.06 bits per heavy atom. The summed E-state index contributed by atoms with van der Waals surface area (Å²) in [6, 6.07) is 9.17. The predicted octanol–water partition coefficient (Wildman–Crippen LogP) is 2.05. The lowest BCUT2D eigenvalue weighted by atomic mass is 10.1. The number of nitrogens with one attached hydrogen (secondary N) is 1. The molecule has 3 nitrogen and oxygen atoms in total. The van der Waals surface area contributed by atoms with Gasteiger partial charge in [0.05, 0.1) is 0 Å². The van der Waals surface area contributed by atoms with Crippen molar-refractivity contribution >= 4 is 0 Å². The Labute approximate surface area is 90.8 Å². The molecule has 4 heteroatoms. The number of nitrogens with zero attached hydrogens (tertiary/aromatic N) is 1. The highest BCUT2D eigenvalue weighted by molar-refractivity contribution is 5.63. The van der Waals surface area contributed by atoms with Crippen LogP contribution in [0.25, 0.3) is 11.1 Å². The Kier molecular flexibility index (Phi) is 2.52. The fraction of sp³-hybridized carbons (Fsp3) is 0. The summed E-state index contributed by atoms with van der Waals surface area (Å²) in [5, 5.41) is 8.70. The Balaban J connectivity index is 2.58. The average molecular weight is 214 g/mol. The summed E-state index contributed by atoms with van der Waals surface area (Å²) in [4.78, 5) is 13.6. The molecule has 0 atom stereocenters. The van der Waals surface area contributed by atoms with Gasteiger partial charge in [0.2, 0.25) is 0 Å². The van der Waals surface area contributed by atoms with E-state index < -0.39 is 5.56 Å². The molecule has 2 rings (SSSR count). The summed E-state index contributed by atoms with van der Waals surface area (Å²) in [5.41, 5.74) is 0.799. The Morgan fingerprint density at radius 3 is 2.75 bits per heavy atom. The van der Waals surface area contributed by atoms with Crippen LogP contribution in [0, 0.1) is 17.1 Å². The van der Waals surface area contributed by atoms with Gasteiger partial charge in [0.1, 0.15) is 17.4 Å². The van der Waals surface area contributed by atoms with Gasteiger partial charge in [-0.05, 0) is 29.3 Å². The lowest BCUT2D eigenvalue weighted by Gasteiger charge is -2.01. The van der Waals surface area contributed by atoms with Crippen molar-refractivity contribution in [3.05, 3.63) is 58.3 Å². The van der Waals surface area contributed by atoms with Gasteiger partial charge in [0, 0.05) is 6.20 Å². The third-order valence-corrected chi connectivity index (χ3v) is 2.18. The summed E-state index contributed by atoms with van der Waals surface area (Å²) in [7, 11) is 0. The lowest BCUT2D eigenvalue weighted by Crippen LogP contribution is -2.08.